The van der Waals surface area contributed by atoms with Crippen molar-refractivity contribution in [2.75, 3.05) is 33.5 Å². The topological polar surface area (TPSA) is 75.2 Å². The largest absolute Gasteiger partial charge is 0.454 e. The van der Waals surface area contributed by atoms with Crippen molar-refractivity contribution >= 4 is 47.4 Å². The molecule has 0 bridgehead atoms. The van der Waals surface area contributed by atoms with Gasteiger partial charge >= 0.3 is 0 Å². The SMILES string of the molecule is CCNC(=NCc1cc(Cl)c2c(c1)OCO2)N1CCC(CC(=O)NC)CC1.I. The molecule has 1 fully saturated rings. The van der Waals surface area contributed by atoms with Gasteiger partial charge in [-0.25, -0.2) is 4.99 Å². The quantitative estimate of drug-likeness (QED) is 0.353. The molecule has 2 heterocycles. The molecule has 0 aromatic heterocycles. The van der Waals surface area contributed by atoms with Gasteiger partial charge < -0.3 is 25.0 Å². The highest BCUT2D eigenvalue weighted by Gasteiger charge is 2.23. The van der Waals surface area contributed by atoms with Crippen LogP contribution >= 0.6 is 35.6 Å². The van der Waals surface area contributed by atoms with E-state index in [4.69, 9.17) is 26.1 Å². The molecule has 0 atom stereocenters. The lowest BCUT2D eigenvalue weighted by atomic mass is 9.93. The number of hydrogen-bond acceptors (Lipinski definition) is 4. The number of guanidine groups is 1. The minimum Gasteiger partial charge on any atom is -0.454 e. The number of ether oxygens (including phenoxy) is 2. The number of likely N-dealkylation sites (tertiary alicyclic amines) is 1. The summed E-state index contributed by atoms with van der Waals surface area (Å²) in [5.74, 6) is 2.73. The molecule has 0 aliphatic carbocycles. The molecule has 1 amide bonds. The summed E-state index contributed by atoms with van der Waals surface area (Å²) in [5, 5.41) is 6.62. The minimum atomic E-state index is 0. The number of halogens is 2. The minimum absolute atomic E-state index is 0. The molecule has 1 aromatic rings. The smallest absolute Gasteiger partial charge is 0.231 e. The van der Waals surface area contributed by atoms with Crippen molar-refractivity contribution in [1.29, 1.82) is 0 Å². The second-order valence-corrected chi connectivity index (χ2v) is 7.20. The zero-order valence-corrected chi connectivity index (χ0v) is 19.4. The summed E-state index contributed by atoms with van der Waals surface area (Å²) in [6.45, 7) is 5.38. The Morgan fingerprint density at radius 2 is 2.07 bits per heavy atom. The third kappa shape index (κ3) is 5.79. The first kappa shape index (κ1) is 22.9. The van der Waals surface area contributed by atoms with E-state index in [1.807, 2.05) is 12.1 Å². The Bertz CT molecular complexity index is 709. The van der Waals surface area contributed by atoms with E-state index in [-0.39, 0.29) is 36.7 Å². The van der Waals surface area contributed by atoms with Crippen LogP contribution in [-0.4, -0.2) is 50.2 Å². The number of aliphatic imine (C=N–C) groups is 1. The molecule has 1 saturated heterocycles. The molecule has 2 aliphatic heterocycles. The van der Waals surface area contributed by atoms with Crippen LogP contribution in [0.5, 0.6) is 11.5 Å². The van der Waals surface area contributed by atoms with Crippen LogP contribution in [0.15, 0.2) is 17.1 Å². The van der Waals surface area contributed by atoms with Crippen molar-refractivity contribution in [1.82, 2.24) is 15.5 Å². The van der Waals surface area contributed by atoms with Crippen LogP contribution in [0.1, 0.15) is 31.7 Å². The fourth-order valence-corrected chi connectivity index (χ4v) is 3.71. The molecular formula is C19H28ClIN4O3. The van der Waals surface area contributed by atoms with Gasteiger partial charge in [-0.15, -0.1) is 24.0 Å². The molecule has 2 aliphatic rings. The average molecular weight is 523 g/mol. The number of hydrogen-bond donors (Lipinski definition) is 2. The van der Waals surface area contributed by atoms with Crippen LogP contribution in [0.4, 0.5) is 0 Å². The molecule has 9 heteroatoms. The fraction of sp³-hybridized carbons (Fsp3) is 0.579. The first-order valence-electron chi connectivity index (χ1n) is 9.42. The molecular weight excluding hydrogens is 495 g/mol. The van der Waals surface area contributed by atoms with Gasteiger partial charge in [-0.1, -0.05) is 11.6 Å². The maximum Gasteiger partial charge on any atom is 0.231 e. The van der Waals surface area contributed by atoms with Crippen LogP contribution in [0, 0.1) is 5.92 Å². The molecule has 3 rings (SSSR count). The summed E-state index contributed by atoms with van der Waals surface area (Å²) in [5.41, 5.74) is 0.981. The lowest BCUT2D eigenvalue weighted by molar-refractivity contribution is -0.121. The fourth-order valence-electron chi connectivity index (χ4n) is 3.42. The molecule has 0 unspecified atom stereocenters. The maximum absolute atomic E-state index is 11.6. The second kappa shape index (κ2) is 10.9. The Balaban J connectivity index is 0.00000280. The number of piperidine rings is 1. The summed E-state index contributed by atoms with van der Waals surface area (Å²) in [6.07, 6.45) is 2.59. The molecule has 1 aromatic carbocycles. The standard InChI is InChI=1S/C19H27ClN4O3.HI/c1-3-22-19(24-6-4-13(5-7-24)10-17(25)21-2)23-11-14-8-15(20)18-16(9-14)26-12-27-18;/h8-9,13H,3-7,10-12H2,1-2H3,(H,21,25)(H,22,23);1H. The van der Waals surface area contributed by atoms with Crippen LogP contribution in [0.3, 0.4) is 0 Å². The van der Waals surface area contributed by atoms with Crippen molar-refractivity contribution in [3.05, 3.63) is 22.7 Å². The van der Waals surface area contributed by atoms with E-state index in [1.165, 1.54) is 0 Å². The van der Waals surface area contributed by atoms with E-state index >= 15 is 0 Å². The van der Waals surface area contributed by atoms with E-state index in [0.717, 1.165) is 44.0 Å². The number of carbonyl (C=O) groups excluding carboxylic acids is 1. The van der Waals surface area contributed by atoms with Gasteiger partial charge in [0.1, 0.15) is 0 Å². The Hall–Kier alpha value is -1.42. The predicted molar refractivity (Wildman–Crippen MR) is 121 cm³/mol. The van der Waals surface area contributed by atoms with Gasteiger partial charge in [-0.05, 0) is 43.4 Å². The van der Waals surface area contributed by atoms with Gasteiger partial charge in [0.25, 0.3) is 0 Å². The lowest BCUT2D eigenvalue weighted by Gasteiger charge is -2.34. The van der Waals surface area contributed by atoms with Gasteiger partial charge in [0.15, 0.2) is 17.5 Å². The van der Waals surface area contributed by atoms with E-state index < -0.39 is 0 Å². The van der Waals surface area contributed by atoms with E-state index in [2.05, 4.69) is 22.5 Å². The van der Waals surface area contributed by atoms with E-state index in [9.17, 15) is 4.79 Å². The summed E-state index contributed by atoms with van der Waals surface area (Å²) in [6, 6.07) is 3.80. The van der Waals surface area contributed by atoms with Gasteiger partial charge in [0.05, 0.1) is 11.6 Å². The molecule has 0 saturated carbocycles. The molecule has 28 heavy (non-hydrogen) atoms. The van der Waals surface area contributed by atoms with Crippen molar-refractivity contribution in [3.8, 4) is 11.5 Å². The van der Waals surface area contributed by atoms with Crippen LogP contribution < -0.4 is 20.1 Å². The first-order valence-corrected chi connectivity index (χ1v) is 9.80. The molecule has 0 spiro atoms. The summed E-state index contributed by atoms with van der Waals surface area (Å²) in [4.78, 5) is 18.6. The molecule has 0 radical (unpaired) electrons. The number of fused-ring (bicyclic) bond motifs is 1. The third-order valence-electron chi connectivity index (χ3n) is 4.90. The average Bonchev–Trinajstić information content (AvgIpc) is 3.15. The molecule has 7 nitrogen and oxygen atoms in total. The number of carbonyl (C=O) groups is 1. The van der Waals surface area contributed by atoms with Gasteiger partial charge in [0, 0.05) is 33.1 Å². The summed E-state index contributed by atoms with van der Waals surface area (Å²) >= 11 is 6.26. The van der Waals surface area contributed by atoms with Crippen molar-refractivity contribution in [3.63, 3.8) is 0 Å². The highest BCUT2D eigenvalue weighted by molar-refractivity contribution is 14.0. The van der Waals surface area contributed by atoms with Gasteiger partial charge in [-0.3, -0.25) is 4.79 Å². The predicted octanol–water partition coefficient (Wildman–Crippen LogP) is 3.00. The maximum atomic E-state index is 11.6. The number of benzene rings is 1. The summed E-state index contributed by atoms with van der Waals surface area (Å²) < 4.78 is 10.8. The highest BCUT2D eigenvalue weighted by Crippen LogP contribution is 2.39. The zero-order chi connectivity index (χ0) is 19.2. The second-order valence-electron chi connectivity index (χ2n) is 6.79. The Morgan fingerprint density at radius 1 is 1.32 bits per heavy atom. The van der Waals surface area contributed by atoms with Crippen molar-refractivity contribution < 1.29 is 14.3 Å². The monoisotopic (exact) mass is 522 g/mol. The summed E-state index contributed by atoms with van der Waals surface area (Å²) in [7, 11) is 1.69. The van der Waals surface area contributed by atoms with E-state index in [1.54, 1.807) is 7.05 Å². The van der Waals surface area contributed by atoms with Crippen LogP contribution in [0.25, 0.3) is 0 Å². The van der Waals surface area contributed by atoms with Gasteiger partial charge in [-0.2, -0.15) is 0 Å². The Kier molecular flexibility index (Phi) is 8.94. The first-order chi connectivity index (χ1) is 13.1. The normalized spacial score (nSPS) is 16.5. The number of nitrogens with one attached hydrogen (secondary N) is 2. The lowest BCUT2D eigenvalue weighted by Crippen LogP contribution is -2.46. The van der Waals surface area contributed by atoms with Crippen molar-refractivity contribution in [2.24, 2.45) is 10.9 Å². The van der Waals surface area contributed by atoms with E-state index in [0.29, 0.717) is 35.4 Å². The molecule has 156 valence electrons. The molecule has 2 N–H and O–H groups in total. The van der Waals surface area contributed by atoms with Crippen molar-refractivity contribution in [2.45, 2.75) is 32.7 Å². The van der Waals surface area contributed by atoms with Gasteiger partial charge in [0.2, 0.25) is 12.7 Å². The zero-order valence-electron chi connectivity index (χ0n) is 16.3. The third-order valence-corrected chi connectivity index (χ3v) is 5.18. The number of amides is 1. The highest BCUT2D eigenvalue weighted by atomic mass is 127. The number of rotatable bonds is 5. The Morgan fingerprint density at radius 3 is 2.75 bits per heavy atom. The van der Waals surface area contributed by atoms with Crippen LogP contribution in [-0.2, 0) is 11.3 Å². The Labute approximate surface area is 188 Å². The number of nitrogens with zero attached hydrogens (tertiary/aromatic N) is 2. The van der Waals surface area contributed by atoms with Crippen LogP contribution in [0.2, 0.25) is 5.02 Å².